The van der Waals surface area contributed by atoms with E-state index in [1.807, 2.05) is 0 Å². The second-order valence-corrected chi connectivity index (χ2v) is 11.2. The Kier molecular flexibility index (Phi) is 7.74. The van der Waals surface area contributed by atoms with E-state index < -0.39 is 30.5 Å². The summed E-state index contributed by atoms with van der Waals surface area (Å²) in [7, 11) is 1.48. The van der Waals surface area contributed by atoms with Crippen molar-refractivity contribution in [2.24, 2.45) is 41.4 Å². The molecule has 4 saturated carbocycles. The molecule has 0 N–H and O–H groups in total. The molecular formula is C26H43F3O. The van der Waals surface area contributed by atoms with E-state index in [1.54, 1.807) is 0 Å². The van der Waals surface area contributed by atoms with Crippen LogP contribution in [0, 0.1) is 41.4 Å². The number of rotatable bonds is 5. The first-order valence-corrected chi connectivity index (χ1v) is 13.0. The second-order valence-electron chi connectivity index (χ2n) is 11.2. The van der Waals surface area contributed by atoms with Gasteiger partial charge in [-0.3, -0.25) is 0 Å². The smallest absolute Gasteiger partial charge is 0.137 e. The van der Waals surface area contributed by atoms with Gasteiger partial charge in [0.2, 0.25) is 0 Å². The molecule has 4 fully saturated rings. The standard InChI is InChI=1S/C26H43F3O/c1-3-4-16-5-7-17(8-6-16)18-9-11-19(12-10-18)21-15-20-13-14-22(30-2)25(28)23(20)26(29)24(21)27/h16-26H,3-15H2,1-2H3. The summed E-state index contributed by atoms with van der Waals surface area (Å²) in [5, 5.41) is 0. The lowest BCUT2D eigenvalue weighted by molar-refractivity contribution is -0.124. The Morgan fingerprint density at radius 1 is 0.667 bits per heavy atom. The summed E-state index contributed by atoms with van der Waals surface area (Å²) < 4.78 is 50.2. The number of alkyl halides is 3. The average molecular weight is 429 g/mol. The third kappa shape index (κ3) is 4.59. The highest BCUT2D eigenvalue weighted by molar-refractivity contribution is 5.02. The zero-order valence-corrected chi connectivity index (χ0v) is 19.1. The van der Waals surface area contributed by atoms with Crippen LogP contribution < -0.4 is 0 Å². The molecule has 174 valence electrons. The van der Waals surface area contributed by atoms with E-state index in [2.05, 4.69) is 6.92 Å². The highest BCUT2D eigenvalue weighted by atomic mass is 19.2. The number of halogens is 3. The molecular weight excluding hydrogens is 385 g/mol. The molecule has 0 bridgehead atoms. The van der Waals surface area contributed by atoms with Gasteiger partial charge in [-0.05, 0) is 93.3 Å². The van der Waals surface area contributed by atoms with Crippen LogP contribution in [-0.2, 0) is 4.74 Å². The quantitative estimate of drug-likeness (QED) is 0.441. The first-order chi connectivity index (χ1) is 14.5. The molecule has 4 aliphatic rings. The topological polar surface area (TPSA) is 9.23 Å². The lowest BCUT2D eigenvalue weighted by Crippen LogP contribution is -2.54. The highest BCUT2D eigenvalue weighted by Gasteiger charge is 2.54. The Balaban J connectivity index is 1.30. The van der Waals surface area contributed by atoms with E-state index in [0.717, 1.165) is 37.0 Å². The van der Waals surface area contributed by atoms with Gasteiger partial charge in [-0.1, -0.05) is 32.6 Å². The summed E-state index contributed by atoms with van der Waals surface area (Å²) in [5.74, 6) is 1.89. The monoisotopic (exact) mass is 428 g/mol. The van der Waals surface area contributed by atoms with E-state index in [0.29, 0.717) is 18.8 Å². The van der Waals surface area contributed by atoms with Crippen LogP contribution >= 0.6 is 0 Å². The molecule has 0 radical (unpaired) electrons. The predicted molar refractivity (Wildman–Crippen MR) is 116 cm³/mol. The summed E-state index contributed by atoms with van der Waals surface area (Å²) in [4.78, 5) is 0. The van der Waals surface area contributed by atoms with Crippen molar-refractivity contribution in [3.05, 3.63) is 0 Å². The van der Waals surface area contributed by atoms with Crippen LogP contribution in [0.2, 0.25) is 0 Å². The molecule has 4 heteroatoms. The van der Waals surface area contributed by atoms with E-state index in [4.69, 9.17) is 4.74 Å². The molecule has 0 aromatic carbocycles. The van der Waals surface area contributed by atoms with Gasteiger partial charge in [0.15, 0.2) is 0 Å². The zero-order valence-electron chi connectivity index (χ0n) is 19.1. The van der Waals surface area contributed by atoms with Crippen LogP contribution in [0.25, 0.3) is 0 Å². The van der Waals surface area contributed by atoms with Gasteiger partial charge in [0.25, 0.3) is 0 Å². The number of hydrogen-bond acceptors (Lipinski definition) is 1. The maximum absolute atomic E-state index is 15.2. The first kappa shape index (κ1) is 22.9. The van der Waals surface area contributed by atoms with Crippen molar-refractivity contribution in [3.8, 4) is 0 Å². The summed E-state index contributed by atoms with van der Waals surface area (Å²) >= 11 is 0. The minimum absolute atomic E-state index is 0.00929. The lowest BCUT2D eigenvalue weighted by atomic mass is 9.59. The van der Waals surface area contributed by atoms with Crippen LogP contribution in [0.15, 0.2) is 0 Å². The molecule has 4 aliphatic carbocycles. The summed E-state index contributed by atoms with van der Waals surface area (Å²) in [5.41, 5.74) is 0. The van der Waals surface area contributed by atoms with Gasteiger partial charge in [0.1, 0.15) is 18.5 Å². The number of ether oxygens (including phenoxy) is 1. The third-order valence-corrected chi connectivity index (χ3v) is 9.72. The fraction of sp³-hybridized carbons (Fsp3) is 1.00. The fourth-order valence-corrected chi connectivity index (χ4v) is 7.98. The average Bonchev–Trinajstić information content (AvgIpc) is 2.77. The Labute approximate surface area is 181 Å². The molecule has 0 saturated heterocycles. The SMILES string of the molecule is CCCC1CCC(C2CCC(C3CC4CCC(OC)C(F)C4C(F)C3F)CC2)CC1. The largest absolute Gasteiger partial charge is 0.378 e. The Morgan fingerprint density at radius 2 is 1.23 bits per heavy atom. The normalized spacial score (nSPS) is 50.1. The molecule has 30 heavy (non-hydrogen) atoms. The Hall–Kier alpha value is -0.250. The van der Waals surface area contributed by atoms with Crippen LogP contribution in [0.1, 0.15) is 90.4 Å². The minimum Gasteiger partial charge on any atom is -0.378 e. The predicted octanol–water partition coefficient (Wildman–Crippen LogP) is 7.47. The van der Waals surface area contributed by atoms with Crippen molar-refractivity contribution in [1.82, 2.24) is 0 Å². The van der Waals surface area contributed by atoms with Crippen molar-refractivity contribution in [3.63, 3.8) is 0 Å². The molecule has 0 heterocycles. The number of hydrogen-bond donors (Lipinski definition) is 0. The van der Waals surface area contributed by atoms with Crippen LogP contribution in [0.5, 0.6) is 0 Å². The highest BCUT2D eigenvalue weighted by Crippen LogP contribution is 2.52. The van der Waals surface area contributed by atoms with Crippen molar-refractivity contribution in [2.75, 3.05) is 7.11 Å². The van der Waals surface area contributed by atoms with Gasteiger partial charge in [-0.15, -0.1) is 0 Å². The van der Waals surface area contributed by atoms with Crippen molar-refractivity contribution in [2.45, 2.75) is 115 Å². The van der Waals surface area contributed by atoms with Crippen molar-refractivity contribution < 1.29 is 17.9 Å². The van der Waals surface area contributed by atoms with Crippen LogP contribution in [-0.4, -0.2) is 31.7 Å². The van der Waals surface area contributed by atoms with Gasteiger partial charge in [-0.25, -0.2) is 13.2 Å². The fourth-order valence-electron chi connectivity index (χ4n) is 7.98. The molecule has 7 unspecified atom stereocenters. The molecule has 4 rings (SSSR count). The molecule has 7 atom stereocenters. The van der Waals surface area contributed by atoms with Gasteiger partial charge in [0, 0.05) is 13.0 Å². The third-order valence-electron chi connectivity index (χ3n) is 9.72. The summed E-state index contributed by atoms with van der Waals surface area (Å²) in [6, 6.07) is 0. The van der Waals surface area contributed by atoms with E-state index in [-0.39, 0.29) is 11.8 Å². The van der Waals surface area contributed by atoms with E-state index in [9.17, 15) is 4.39 Å². The maximum atomic E-state index is 15.2. The Bertz CT molecular complexity index is 524. The molecule has 0 spiro atoms. The van der Waals surface area contributed by atoms with Gasteiger partial charge >= 0.3 is 0 Å². The summed E-state index contributed by atoms with van der Waals surface area (Å²) in [6.45, 7) is 2.29. The number of fused-ring (bicyclic) bond motifs is 1. The first-order valence-electron chi connectivity index (χ1n) is 13.0. The lowest BCUT2D eigenvalue weighted by Gasteiger charge is -2.49. The molecule has 0 aromatic rings. The van der Waals surface area contributed by atoms with Gasteiger partial charge < -0.3 is 4.74 Å². The molecule has 1 nitrogen and oxygen atoms in total. The number of methoxy groups -OCH3 is 1. The van der Waals surface area contributed by atoms with Crippen LogP contribution in [0.4, 0.5) is 13.2 Å². The maximum Gasteiger partial charge on any atom is 0.137 e. The molecule has 0 amide bonds. The summed E-state index contributed by atoms with van der Waals surface area (Å²) in [6.07, 6.45) is 9.76. The second kappa shape index (κ2) is 10.1. The van der Waals surface area contributed by atoms with E-state index >= 15 is 8.78 Å². The van der Waals surface area contributed by atoms with Gasteiger partial charge in [-0.2, -0.15) is 0 Å². The van der Waals surface area contributed by atoms with Crippen molar-refractivity contribution in [1.29, 1.82) is 0 Å². The van der Waals surface area contributed by atoms with Crippen molar-refractivity contribution >= 4 is 0 Å². The van der Waals surface area contributed by atoms with Gasteiger partial charge in [0.05, 0.1) is 6.10 Å². The zero-order chi connectivity index (χ0) is 21.3. The minimum atomic E-state index is -1.66. The molecule has 0 aromatic heterocycles. The Morgan fingerprint density at radius 3 is 1.83 bits per heavy atom. The van der Waals surface area contributed by atoms with E-state index in [1.165, 1.54) is 58.5 Å². The molecule has 0 aliphatic heterocycles. The van der Waals surface area contributed by atoms with Crippen LogP contribution in [0.3, 0.4) is 0 Å².